The number of hydrogen-bond donors (Lipinski definition) is 2. The van der Waals surface area contributed by atoms with Gasteiger partial charge in [0, 0.05) is 5.69 Å². The second-order valence-corrected chi connectivity index (χ2v) is 6.36. The molecular formula is C18H23NO5. The summed E-state index contributed by atoms with van der Waals surface area (Å²) < 4.78 is 5.10. The number of nitrogens with one attached hydrogen (secondary N) is 1. The van der Waals surface area contributed by atoms with Gasteiger partial charge in [0.25, 0.3) is 0 Å². The third kappa shape index (κ3) is 4.57. The molecule has 0 bridgehead atoms. The van der Waals surface area contributed by atoms with Gasteiger partial charge >= 0.3 is 11.9 Å². The summed E-state index contributed by atoms with van der Waals surface area (Å²) in [6, 6.07) is 6.40. The van der Waals surface area contributed by atoms with Gasteiger partial charge in [-0.3, -0.25) is 9.59 Å². The van der Waals surface area contributed by atoms with Gasteiger partial charge in [-0.2, -0.15) is 0 Å². The standard InChI is InChI=1S/C18H23NO5/c1-11(2)24-18(23)12-7-9-13(10-8-12)19-16(20)14-5-3-4-6-15(14)17(21)22/h7-11,14-15H,3-6H2,1-2H3,(H,19,20)(H,21,22)/t14-,15+/m0/s1. The Bertz CT molecular complexity index is 608. The molecule has 0 radical (unpaired) electrons. The normalized spacial score (nSPS) is 20.5. The fourth-order valence-electron chi connectivity index (χ4n) is 2.95. The number of carbonyl (C=O) groups excluding carboxylic acids is 2. The predicted octanol–water partition coefficient (Wildman–Crippen LogP) is 3.08. The molecule has 1 fully saturated rings. The van der Waals surface area contributed by atoms with E-state index in [1.54, 1.807) is 38.1 Å². The lowest BCUT2D eigenvalue weighted by Gasteiger charge is -2.27. The highest BCUT2D eigenvalue weighted by Gasteiger charge is 2.35. The van der Waals surface area contributed by atoms with Crippen molar-refractivity contribution in [2.45, 2.75) is 45.6 Å². The molecule has 0 aliphatic heterocycles. The van der Waals surface area contributed by atoms with Gasteiger partial charge < -0.3 is 15.2 Å². The molecule has 1 saturated carbocycles. The molecule has 0 unspecified atom stereocenters. The SMILES string of the molecule is CC(C)OC(=O)c1ccc(NC(=O)[C@H]2CCCC[C@H]2C(=O)O)cc1. The van der Waals surface area contributed by atoms with E-state index in [4.69, 9.17) is 4.74 Å². The molecule has 1 amide bonds. The lowest BCUT2D eigenvalue weighted by atomic mass is 9.78. The van der Waals surface area contributed by atoms with Crippen LogP contribution in [0.4, 0.5) is 5.69 Å². The van der Waals surface area contributed by atoms with Crippen LogP contribution in [-0.4, -0.2) is 29.1 Å². The number of carbonyl (C=O) groups is 3. The summed E-state index contributed by atoms with van der Waals surface area (Å²) in [6.45, 7) is 3.55. The van der Waals surface area contributed by atoms with Crippen molar-refractivity contribution in [3.63, 3.8) is 0 Å². The van der Waals surface area contributed by atoms with Crippen LogP contribution < -0.4 is 5.32 Å². The topological polar surface area (TPSA) is 92.7 Å². The third-order valence-electron chi connectivity index (χ3n) is 4.15. The number of hydrogen-bond acceptors (Lipinski definition) is 4. The number of esters is 1. The maximum absolute atomic E-state index is 12.4. The van der Waals surface area contributed by atoms with E-state index in [-0.39, 0.29) is 12.0 Å². The first kappa shape index (κ1) is 18.0. The van der Waals surface area contributed by atoms with E-state index in [0.29, 0.717) is 24.1 Å². The minimum absolute atomic E-state index is 0.198. The largest absolute Gasteiger partial charge is 0.481 e. The van der Waals surface area contributed by atoms with Crippen LogP contribution in [-0.2, 0) is 14.3 Å². The first-order valence-electron chi connectivity index (χ1n) is 8.23. The molecule has 130 valence electrons. The van der Waals surface area contributed by atoms with Crippen molar-refractivity contribution in [1.29, 1.82) is 0 Å². The smallest absolute Gasteiger partial charge is 0.338 e. The van der Waals surface area contributed by atoms with Gasteiger partial charge in [0.05, 0.1) is 23.5 Å². The summed E-state index contributed by atoms with van der Waals surface area (Å²) in [4.78, 5) is 35.5. The van der Waals surface area contributed by atoms with Gasteiger partial charge in [0.15, 0.2) is 0 Å². The van der Waals surface area contributed by atoms with Crippen molar-refractivity contribution >= 4 is 23.5 Å². The summed E-state index contributed by atoms with van der Waals surface area (Å²) in [7, 11) is 0. The second-order valence-electron chi connectivity index (χ2n) is 6.36. The highest BCUT2D eigenvalue weighted by Crippen LogP contribution is 2.31. The number of rotatable bonds is 5. The van der Waals surface area contributed by atoms with Crippen molar-refractivity contribution in [3.8, 4) is 0 Å². The van der Waals surface area contributed by atoms with Crippen molar-refractivity contribution in [2.24, 2.45) is 11.8 Å². The molecule has 1 aliphatic rings. The van der Waals surface area contributed by atoms with Gasteiger partial charge in [-0.1, -0.05) is 12.8 Å². The molecule has 6 nitrogen and oxygen atoms in total. The van der Waals surface area contributed by atoms with Crippen LogP contribution in [0.5, 0.6) is 0 Å². The minimum atomic E-state index is -0.915. The zero-order valence-corrected chi connectivity index (χ0v) is 14.0. The zero-order chi connectivity index (χ0) is 17.7. The van der Waals surface area contributed by atoms with Gasteiger partial charge in [-0.25, -0.2) is 4.79 Å². The van der Waals surface area contributed by atoms with E-state index in [1.165, 1.54) is 0 Å². The Morgan fingerprint density at radius 2 is 1.67 bits per heavy atom. The quantitative estimate of drug-likeness (QED) is 0.808. The average molecular weight is 333 g/mol. The number of anilines is 1. The molecule has 1 aliphatic carbocycles. The maximum atomic E-state index is 12.4. The molecule has 0 saturated heterocycles. The molecule has 1 aromatic rings. The van der Waals surface area contributed by atoms with Crippen LogP contribution in [0.2, 0.25) is 0 Å². The number of benzene rings is 1. The van der Waals surface area contributed by atoms with E-state index in [2.05, 4.69) is 5.32 Å². The Kier molecular flexibility index (Phi) is 5.95. The zero-order valence-electron chi connectivity index (χ0n) is 14.0. The molecule has 1 aromatic carbocycles. The summed E-state index contributed by atoms with van der Waals surface area (Å²) in [5.41, 5.74) is 0.943. The molecule has 2 atom stereocenters. The Morgan fingerprint density at radius 3 is 2.21 bits per heavy atom. The van der Waals surface area contributed by atoms with E-state index in [9.17, 15) is 19.5 Å². The van der Waals surface area contributed by atoms with E-state index in [1.807, 2.05) is 0 Å². The minimum Gasteiger partial charge on any atom is -0.481 e. The predicted molar refractivity (Wildman–Crippen MR) is 88.7 cm³/mol. The van der Waals surface area contributed by atoms with Gasteiger partial charge in [-0.15, -0.1) is 0 Å². The Hall–Kier alpha value is -2.37. The second kappa shape index (κ2) is 7.95. The van der Waals surface area contributed by atoms with Crippen molar-refractivity contribution in [1.82, 2.24) is 0 Å². The highest BCUT2D eigenvalue weighted by atomic mass is 16.5. The first-order valence-corrected chi connectivity index (χ1v) is 8.23. The Morgan fingerprint density at radius 1 is 1.08 bits per heavy atom. The molecule has 24 heavy (non-hydrogen) atoms. The van der Waals surface area contributed by atoms with Crippen LogP contribution in [0.3, 0.4) is 0 Å². The number of carboxylic acids is 1. The van der Waals surface area contributed by atoms with Gasteiger partial charge in [-0.05, 0) is 51.0 Å². The third-order valence-corrected chi connectivity index (χ3v) is 4.15. The van der Waals surface area contributed by atoms with E-state index in [0.717, 1.165) is 12.8 Å². The molecule has 2 rings (SSSR count). The fourth-order valence-corrected chi connectivity index (χ4v) is 2.95. The molecule has 0 heterocycles. The first-order chi connectivity index (χ1) is 11.4. The summed E-state index contributed by atoms with van der Waals surface area (Å²) >= 11 is 0. The molecular weight excluding hydrogens is 310 g/mol. The number of amides is 1. The van der Waals surface area contributed by atoms with E-state index < -0.39 is 23.8 Å². The summed E-state index contributed by atoms with van der Waals surface area (Å²) in [5, 5.41) is 12.0. The van der Waals surface area contributed by atoms with Crippen LogP contribution >= 0.6 is 0 Å². The Balaban J connectivity index is 2.01. The van der Waals surface area contributed by atoms with Crippen molar-refractivity contribution < 1.29 is 24.2 Å². The molecule has 2 N–H and O–H groups in total. The lowest BCUT2D eigenvalue weighted by molar-refractivity contribution is -0.147. The fraction of sp³-hybridized carbons (Fsp3) is 0.500. The van der Waals surface area contributed by atoms with Gasteiger partial charge in [0.2, 0.25) is 5.91 Å². The number of ether oxygens (including phenoxy) is 1. The summed E-state index contributed by atoms with van der Waals surface area (Å²) in [6.07, 6.45) is 2.63. The highest BCUT2D eigenvalue weighted by molar-refractivity contribution is 5.96. The summed E-state index contributed by atoms with van der Waals surface area (Å²) in [5.74, 6) is -2.75. The molecule has 6 heteroatoms. The van der Waals surface area contributed by atoms with Crippen LogP contribution in [0, 0.1) is 11.8 Å². The van der Waals surface area contributed by atoms with Crippen LogP contribution in [0.1, 0.15) is 49.9 Å². The lowest BCUT2D eigenvalue weighted by Crippen LogP contribution is -2.36. The van der Waals surface area contributed by atoms with Crippen LogP contribution in [0.25, 0.3) is 0 Å². The monoisotopic (exact) mass is 333 g/mol. The molecule has 0 aromatic heterocycles. The average Bonchev–Trinajstić information content (AvgIpc) is 2.54. The van der Waals surface area contributed by atoms with Crippen LogP contribution in [0.15, 0.2) is 24.3 Å². The van der Waals surface area contributed by atoms with Gasteiger partial charge in [0.1, 0.15) is 0 Å². The Labute approximate surface area is 141 Å². The van der Waals surface area contributed by atoms with Crippen molar-refractivity contribution in [3.05, 3.63) is 29.8 Å². The van der Waals surface area contributed by atoms with Crippen molar-refractivity contribution in [2.75, 3.05) is 5.32 Å². The number of carboxylic acid groups (broad SMARTS) is 1. The maximum Gasteiger partial charge on any atom is 0.338 e. The van der Waals surface area contributed by atoms with E-state index >= 15 is 0 Å². The molecule has 0 spiro atoms. The number of aliphatic carboxylic acids is 1.